The third kappa shape index (κ3) is 12.9. The number of aliphatic hydroxyl groups excluding tert-OH is 1. The Balaban J connectivity index is 4.07. The van der Waals surface area contributed by atoms with E-state index in [0.717, 1.165) is 18.2 Å². The lowest BCUT2D eigenvalue weighted by Gasteiger charge is -2.29. The first-order valence-electron chi connectivity index (χ1n) is 8.47. The van der Waals surface area contributed by atoms with E-state index in [1.54, 1.807) is 0 Å². The molecule has 0 aromatic carbocycles. The van der Waals surface area contributed by atoms with E-state index in [1.807, 2.05) is 6.92 Å². The lowest BCUT2D eigenvalue weighted by molar-refractivity contribution is -0.137. The maximum Gasteiger partial charge on any atom is 0.469 e. The Morgan fingerprint density at radius 2 is 1.78 bits per heavy atom. The first-order chi connectivity index (χ1) is 12.4. The first-order valence-corrected chi connectivity index (χ1v) is 11.0. The lowest BCUT2D eigenvalue weighted by Crippen LogP contribution is -2.46. The normalized spacial score (nSPS) is 13.1. The maximum atomic E-state index is 11.9. The van der Waals surface area contributed by atoms with Crippen molar-refractivity contribution in [1.82, 2.24) is 10.6 Å². The molecule has 0 heterocycles. The van der Waals surface area contributed by atoms with Crippen LogP contribution in [0.5, 0.6) is 0 Å². The van der Waals surface area contributed by atoms with Gasteiger partial charge >= 0.3 is 7.82 Å². The number of nitrogens with one attached hydrogen (secondary N) is 2. The molecule has 12 heteroatoms. The van der Waals surface area contributed by atoms with E-state index in [0.29, 0.717) is 18.7 Å². The molecular weight excluding hydrogens is 399 g/mol. The minimum atomic E-state index is -4.71. The number of amides is 2. The Morgan fingerprint density at radius 3 is 2.33 bits per heavy atom. The number of carbonyl (C=O) groups excluding carboxylic acids is 3. The van der Waals surface area contributed by atoms with Gasteiger partial charge in [0.15, 0.2) is 5.12 Å². The molecule has 0 saturated carbocycles. The Bertz CT molecular complexity index is 552. The zero-order valence-electron chi connectivity index (χ0n) is 15.8. The summed E-state index contributed by atoms with van der Waals surface area (Å²) >= 11 is 1.16. The molecule has 0 bridgehead atoms. The first kappa shape index (κ1) is 26.0. The van der Waals surface area contributed by atoms with Crippen LogP contribution in [0.2, 0.25) is 0 Å². The monoisotopic (exact) mass is 428 g/mol. The van der Waals surface area contributed by atoms with Gasteiger partial charge in [0.2, 0.25) is 11.8 Å². The smallest absolute Gasteiger partial charge is 0.383 e. The molecule has 2 amide bonds. The van der Waals surface area contributed by atoms with E-state index in [2.05, 4.69) is 15.2 Å². The highest BCUT2D eigenvalue weighted by Crippen LogP contribution is 2.38. The van der Waals surface area contributed by atoms with Crippen molar-refractivity contribution in [1.29, 1.82) is 0 Å². The zero-order chi connectivity index (χ0) is 21.1. The third-order valence-corrected chi connectivity index (χ3v) is 4.79. The van der Waals surface area contributed by atoms with Crippen LogP contribution in [-0.2, 0) is 23.5 Å². The minimum absolute atomic E-state index is 0.00849. The summed E-state index contributed by atoms with van der Waals surface area (Å²) in [6.07, 6.45) is -0.298. The molecule has 0 radical (unpaired) electrons. The van der Waals surface area contributed by atoms with Crippen LogP contribution >= 0.6 is 19.6 Å². The molecule has 0 aliphatic heterocycles. The second-order valence-electron chi connectivity index (χ2n) is 6.52. The van der Waals surface area contributed by atoms with Crippen molar-refractivity contribution in [2.75, 3.05) is 25.4 Å². The van der Waals surface area contributed by atoms with Gasteiger partial charge in [-0.1, -0.05) is 32.5 Å². The van der Waals surface area contributed by atoms with E-state index >= 15 is 0 Å². The number of hydrogen-bond donors (Lipinski definition) is 5. The van der Waals surface area contributed by atoms with E-state index in [4.69, 9.17) is 9.79 Å². The molecule has 5 N–H and O–H groups in total. The van der Waals surface area contributed by atoms with Gasteiger partial charge in [0.25, 0.3) is 0 Å². The van der Waals surface area contributed by atoms with Gasteiger partial charge in [-0.05, 0) is 6.42 Å². The van der Waals surface area contributed by atoms with Crippen LogP contribution in [0.15, 0.2) is 0 Å². The summed E-state index contributed by atoms with van der Waals surface area (Å²) in [6.45, 7) is 4.54. The average molecular weight is 428 g/mol. The lowest BCUT2D eigenvalue weighted by atomic mass is 9.87. The van der Waals surface area contributed by atoms with Crippen molar-refractivity contribution in [3.05, 3.63) is 0 Å². The Kier molecular flexibility index (Phi) is 12.0. The van der Waals surface area contributed by atoms with Crippen molar-refractivity contribution >= 4 is 36.5 Å². The number of thioether (sulfide) groups is 1. The molecule has 0 aliphatic carbocycles. The standard InChI is InChI=1S/C15H29N2O8PS/c1-4-5-12(19)27-9-8-16-11(18)6-7-17-14(21)13(20)15(2,3)10-25-26(22,23)24/h13,20H,4-10H2,1-3H3,(H,16,18)(H,17,21)(H2,22,23,24)/t13-/m1/s1. The minimum Gasteiger partial charge on any atom is -0.383 e. The number of rotatable bonds is 13. The molecule has 0 spiro atoms. The summed E-state index contributed by atoms with van der Waals surface area (Å²) in [5.74, 6) is -0.607. The summed E-state index contributed by atoms with van der Waals surface area (Å²) in [6, 6.07) is 0. The van der Waals surface area contributed by atoms with Crippen LogP contribution in [0, 0.1) is 5.41 Å². The van der Waals surface area contributed by atoms with Gasteiger partial charge in [-0.3, -0.25) is 18.9 Å². The Hall–Kier alpha value is -0.970. The number of phosphoric acid groups is 1. The van der Waals surface area contributed by atoms with Crippen molar-refractivity contribution in [2.45, 2.75) is 46.1 Å². The highest BCUT2D eigenvalue weighted by molar-refractivity contribution is 8.13. The number of aliphatic hydroxyl groups is 1. The van der Waals surface area contributed by atoms with Gasteiger partial charge in [-0.25, -0.2) is 4.57 Å². The fourth-order valence-electron chi connectivity index (χ4n) is 1.80. The van der Waals surface area contributed by atoms with Crippen LogP contribution < -0.4 is 10.6 Å². The van der Waals surface area contributed by atoms with Crippen molar-refractivity contribution in [3.8, 4) is 0 Å². The number of phosphoric ester groups is 1. The summed E-state index contributed by atoms with van der Waals surface area (Å²) in [5.41, 5.74) is -1.24. The SMILES string of the molecule is CCCC(=O)SCCNC(=O)CCNC(=O)[C@@H](O)C(C)(C)COP(=O)(O)O. The number of carbonyl (C=O) groups is 3. The fraction of sp³-hybridized carbons (Fsp3) is 0.800. The predicted octanol–water partition coefficient (Wildman–Crippen LogP) is 0.165. The van der Waals surface area contributed by atoms with Gasteiger partial charge < -0.3 is 25.5 Å². The fourth-order valence-corrected chi connectivity index (χ4v) is 3.08. The van der Waals surface area contributed by atoms with Gasteiger partial charge in [-0.2, -0.15) is 0 Å². The van der Waals surface area contributed by atoms with Gasteiger partial charge in [0, 0.05) is 37.1 Å². The van der Waals surface area contributed by atoms with Gasteiger partial charge in [0.05, 0.1) is 6.61 Å². The topological polar surface area (TPSA) is 162 Å². The molecule has 1 atom stereocenters. The van der Waals surface area contributed by atoms with Crippen molar-refractivity contribution in [3.63, 3.8) is 0 Å². The molecule has 0 aliphatic rings. The summed E-state index contributed by atoms with van der Waals surface area (Å²) in [7, 11) is -4.71. The van der Waals surface area contributed by atoms with Crippen LogP contribution in [0.3, 0.4) is 0 Å². The maximum absolute atomic E-state index is 11.9. The third-order valence-electron chi connectivity index (χ3n) is 3.39. The second-order valence-corrected chi connectivity index (χ2v) is 8.91. The van der Waals surface area contributed by atoms with Gasteiger partial charge in [0.1, 0.15) is 6.10 Å². The quantitative estimate of drug-likeness (QED) is 0.203. The van der Waals surface area contributed by atoms with Crippen LogP contribution in [0.1, 0.15) is 40.0 Å². The molecule has 0 unspecified atom stereocenters. The van der Waals surface area contributed by atoms with Crippen LogP contribution in [0.4, 0.5) is 0 Å². The molecule has 27 heavy (non-hydrogen) atoms. The molecule has 0 fully saturated rings. The highest BCUT2D eigenvalue weighted by Gasteiger charge is 2.35. The summed E-state index contributed by atoms with van der Waals surface area (Å²) in [5, 5.41) is 15.1. The Labute approximate surface area is 163 Å². The summed E-state index contributed by atoms with van der Waals surface area (Å²) in [4.78, 5) is 52.2. The second kappa shape index (κ2) is 12.5. The average Bonchev–Trinajstić information content (AvgIpc) is 2.56. The van der Waals surface area contributed by atoms with Crippen LogP contribution in [-0.4, -0.2) is 63.4 Å². The van der Waals surface area contributed by atoms with Crippen molar-refractivity contribution in [2.24, 2.45) is 5.41 Å². The molecule has 0 aromatic heterocycles. The molecule has 0 rings (SSSR count). The van der Waals surface area contributed by atoms with Crippen molar-refractivity contribution < 1.29 is 38.4 Å². The summed E-state index contributed by atoms with van der Waals surface area (Å²) < 4.78 is 15.1. The molecule has 158 valence electrons. The molecule has 0 aromatic rings. The van der Waals surface area contributed by atoms with Crippen LogP contribution in [0.25, 0.3) is 0 Å². The zero-order valence-corrected chi connectivity index (χ0v) is 17.5. The van der Waals surface area contributed by atoms with E-state index in [1.165, 1.54) is 13.8 Å². The number of hydrogen-bond acceptors (Lipinski definition) is 7. The Morgan fingerprint density at radius 1 is 1.15 bits per heavy atom. The molecular formula is C15H29N2O8PS. The van der Waals surface area contributed by atoms with Gasteiger partial charge in [-0.15, -0.1) is 0 Å². The largest absolute Gasteiger partial charge is 0.469 e. The van der Waals surface area contributed by atoms with E-state index in [-0.39, 0.29) is 24.0 Å². The molecule has 10 nitrogen and oxygen atoms in total. The van der Waals surface area contributed by atoms with E-state index in [9.17, 15) is 24.1 Å². The van der Waals surface area contributed by atoms with E-state index < -0.39 is 31.9 Å². The predicted molar refractivity (Wildman–Crippen MR) is 101 cm³/mol. The highest BCUT2D eigenvalue weighted by atomic mass is 32.2. The molecule has 0 saturated heterocycles.